The van der Waals surface area contributed by atoms with E-state index >= 15 is 0 Å². The minimum absolute atomic E-state index is 0.0771. The third-order valence-corrected chi connectivity index (χ3v) is 6.42. The lowest BCUT2D eigenvalue weighted by Gasteiger charge is -2.15. The van der Waals surface area contributed by atoms with Crippen LogP contribution in [0.15, 0.2) is 23.1 Å². The monoisotopic (exact) mass is 381 g/mol. The summed E-state index contributed by atoms with van der Waals surface area (Å²) < 4.78 is 66.4. The fraction of sp³-hybridized carbons (Fsp3) is 0.571. The summed E-state index contributed by atoms with van der Waals surface area (Å²) in [6.45, 7) is 7.47. The van der Waals surface area contributed by atoms with Crippen molar-refractivity contribution >= 4 is 25.7 Å². The lowest BCUT2D eigenvalue weighted by molar-refractivity contribution is 0.535. The Morgan fingerprint density at radius 2 is 1.75 bits per heavy atom. The summed E-state index contributed by atoms with van der Waals surface area (Å²) in [7, 11) is -7.59. The van der Waals surface area contributed by atoms with Gasteiger partial charge in [0.15, 0.2) is 0 Å². The third-order valence-electron chi connectivity index (χ3n) is 3.26. The van der Waals surface area contributed by atoms with Crippen molar-refractivity contribution in [3.05, 3.63) is 24.0 Å². The summed E-state index contributed by atoms with van der Waals surface area (Å²) in [4.78, 5) is -0.267. The molecular formula is C14H24FN3O4S2. The zero-order valence-corrected chi connectivity index (χ0v) is 15.8. The van der Waals surface area contributed by atoms with Crippen molar-refractivity contribution in [2.24, 2.45) is 0 Å². The van der Waals surface area contributed by atoms with Crippen molar-refractivity contribution in [3.63, 3.8) is 0 Å². The highest BCUT2D eigenvalue weighted by molar-refractivity contribution is 7.93. The summed E-state index contributed by atoms with van der Waals surface area (Å²) >= 11 is 0. The third kappa shape index (κ3) is 5.69. The maximum Gasteiger partial charge on any atom is 0.240 e. The topological polar surface area (TPSA) is 104 Å². The number of likely N-dealkylation sites (N-methyl/N-ethyl adjacent to an activating group) is 1. The minimum atomic E-state index is -3.88. The molecule has 10 heteroatoms. The Kier molecular flexibility index (Phi) is 7.14. The highest BCUT2D eigenvalue weighted by atomic mass is 32.2. The van der Waals surface area contributed by atoms with Crippen molar-refractivity contribution in [2.45, 2.75) is 43.9 Å². The van der Waals surface area contributed by atoms with Crippen molar-refractivity contribution in [1.29, 1.82) is 0 Å². The van der Waals surface area contributed by atoms with Crippen LogP contribution < -0.4 is 14.8 Å². The number of hydrogen-bond donors (Lipinski definition) is 3. The normalized spacial score (nSPS) is 13.9. The molecule has 1 aromatic rings. The largest absolute Gasteiger partial charge is 0.313 e. The van der Waals surface area contributed by atoms with E-state index < -0.39 is 31.1 Å². The van der Waals surface area contributed by atoms with E-state index in [1.807, 2.05) is 13.8 Å². The van der Waals surface area contributed by atoms with Crippen LogP contribution in [-0.4, -0.2) is 41.2 Å². The van der Waals surface area contributed by atoms with Crippen LogP contribution in [0.5, 0.6) is 0 Å². The van der Waals surface area contributed by atoms with Gasteiger partial charge in [0.2, 0.25) is 20.0 Å². The molecule has 0 saturated carbocycles. The van der Waals surface area contributed by atoms with Crippen molar-refractivity contribution < 1.29 is 21.2 Å². The van der Waals surface area contributed by atoms with E-state index in [1.165, 1.54) is 13.8 Å². The van der Waals surface area contributed by atoms with Crippen LogP contribution in [0.2, 0.25) is 0 Å². The van der Waals surface area contributed by atoms with Gasteiger partial charge in [0.05, 0.1) is 15.8 Å². The molecule has 0 aromatic heterocycles. The molecular weight excluding hydrogens is 357 g/mol. The predicted octanol–water partition coefficient (Wildman–Crippen LogP) is 1.25. The lowest BCUT2D eigenvalue weighted by atomic mass is 10.3. The number of rotatable bonds is 9. The molecule has 3 N–H and O–H groups in total. The highest BCUT2D eigenvalue weighted by Crippen LogP contribution is 2.21. The summed E-state index contributed by atoms with van der Waals surface area (Å²) in [5, 5.41) is 2.31. The van der Waals surface area contributed by atoms with Gasteiger partial charge in [0.1, 0.15) is 5.82 Å². The van der Waals surface area contributed by atoms with Gasteiger partial charge in [-0.3, -0.25) is 4.72 Å². The molecule has 0 amide bonds. The lowest BCUT2D eigenvalue weighted by Crippen LogP contribution is -2.38. The molecule has 0 heterocycles. The standard InChI is InChI=1S/C14H24FN3O4S2/c1-5-16-11(4)9-17-24(21,22)12-6-7-14(13(15)8-12)18-23(19,20)10(2)3/h6-8,10-11,16-18H,5,9H2,1-4H3/t11-/m1/s1. The Bertz CT molecular complexity index is 764. The van der Waals surface area contributed by atoms with Crippen LogP contribution in [0.4, 0.5) is 10.1 Å². The molecule has 0 bridgehead atoms. The molecule has 0 fully saturated rings. The summed E-state index contributed by atoms with van der Waals surface area (Å²) in [6.07, 6.45) is 0. The van der Waals surface area contributed by atoms with E-state index in [-0.39, 0.29) is 23.2 Å². The number of anilines is 1. The van der Waals surface area contributed by atoms with Gasteiger partial charge in [-0.05, 0) is 45.5 Å². The van der Waals surface area contributed by atoms with Crippen LogP contribution in [0, 0.1) is 5.82 Å². The van der Waals surface area contributed by atoms with E-state index in [9.17, 15) is 21.2 Å². The molecule has 7 nitrogen and oxygen atoms in total. The van der Waals surface area contributed by atoms with E-state index in [1.54, 1.807) is 0 Å². The smallest absolute Gasteiger partial charge is 0.240 e. The summed E-state index contributed by atoms with van der Waals surface area (Å²) in [5.74, 6) is -0.957. The van der Waals surface area contributed by atoms with E-state index in [0.717, 1.165) is 18.2 Å². The maximum atomic E-state index is 14.1. The Morgan fingerprint density at radius 1 is 1.12 bits per heavy atom. The highest BCUT2D eigenvalue weighted by Gasteiger charge is 2.20. The Balaban J connectivity index is 2.94. The average molecular weight is 381 g/mol. The van der Waals surface area contributed by atoms with Gasteiger partial charge in [-0.25, -0.2) is 25.9 Å². The number of sulfonamides is 2. The fourth-order valence-corrected chi connectivity index (χ4v) is 3.61. The molecule has 0 spiro atoms. The van der Waals surface area contributed by atoms with Gasteiger partial charge in [0.25, 0.3) is 0 Å². The minimum Gasteiger partial charge on any atom is -0.313 e. The van der Waals surface area contributed by atoms with Crippen LogP contribution >= 0.6 is 0 Å². The molecule has 1 aromatic carbocycles. The first-order valence-electron chi connectivity index (χ1n) is 7.53. The number of hydrogen-bond acceptors (Lipinski definition) is 5. The predicted molar refractivity (Wildman–Crippen MR) is 92.4 cm³/mol. The number of nitrogens with one attached hydrogen (secondary N) is 3. The van der Waals surface area contributed by atoms with E-state index in [2.05, 4.69) is 14.8 Å². The Hall–Kier alpha value is -1.23. The number of benzene rings is 1. The zero-order chi connectivity index (χ0) is 18.5. The van der Waals surface area contributed by atoms with Crippen LogP contribution in [0.25, 0.3) is 0 Å². The van der Waals surface area contributed by atoms with Crippen LogP contribution in [0.3, 0.4) is 0 Å². The number of halogens is 1. The average Bonchev–Trinajstić information content (AvgIpc) is 2.47. The SMILES string of the molecule is CCN[C@H](C)CNS(=O)(=O)c1ccc(NS(=O)(=O)C(C)C)c(F)c1. The summed E-state index contributed by atoms with van der Waals surface area (Å²) in [5.41, 5.74) is -0.288. The zero-order valence-electron chi connectivity index (χ0n) is 14.1. The second-order valence-corrected chi connectivity index (χ2v) is 9.65. The van der Waals surface area contributed by atoms with E-state index in [0.29, 0.717) is 6.54 Å². The molecule has 24 heavy (non-hydrogen) atoms. The van der Waals surface area contributed by atoms with Gasteiger partial charge in [-0.15, -0.1) is 0 Å². The molecule has 0 unspecified atom stereocenters. The molecule has 0 aliphatic rings. The molecule has 138 valence electrons. The molecule has 0 aliphatic heterocycles. The second-order valence-electron chi connectivity index (χ2n) is 5.65. The van der Waals surface area contributed by atoms with Crippen LogP contribution in [-0.2, 0) is 20.0 Å². The molecule has 0 radical (unpaired) electrons. The van der Waals surface area contributed by atoms with Gasteiger partial charge < -0.3 is 5.32 Å². The van der Waals surface area contributed by atoms with Gasteiger partial charge in [-0.2, -0.15) is 0 Å². The molecule has 0 saturated heterocycles. The van der Waals surface area contributed by atoms with Gasteiger partial charge in [-0.1, -0.05) is 6.92 Å². The fourth-order valence-electron chi connectivity index (χ4n) is 1.76. The molecule has 0 aliphatic carbocycles. The first kappa shape index (κ1) is 20.8. The first-order chi connectivity index (χ1) is 11.0. The Labute approximate surface area is 143 Å². The van der Waals surface area contributed by atoms with Crippen molar-refractivity contribution in [2.75, 3.05) is 17.8 Å². The Morgan fingerprint density at radius 3 is 2.25 bits per heavy atom. The molecule has 1 rings (SSSR count). The summed E-state index contributed by atoms with van der Waals surface area (Å²) in [6, 6.07) is 2.96. The van der Waals surface area contributed by atoms with Crippen molar-refractivity contribution in [3.8, 4) is 0 Å². The second kappa shape index (κ2) is 8.24. The van der Waals surface area contributed by atoms with Crippen LogP contribution in [0.1, 0.15) is 27.7 Å². The molecule has 1 atom stereocenters. The maximum absolute atomic E-state index is 14.1. The first-order valence-corrected chi connectivity index (χ1v) is 10.6. The quantitative estimate of drug-likeness (QED) is 0.597. The van der Waals surface area contributed by atoms with E-state index in [4.69, 9.17) is 0 Å². The van der Waals surface area contributed by atoms with Crippen molar-refractivity contribution in [1.82, 2.24) is 10.0 Å². The van der Waals surface area contributed by atoms with Gasteiger partial charge >= 0.3 is 0 Å². The van der Waals surface area contributed by atoms with Gasteiger partial charge in [0, 0.05) is 12.6 Å².